The Kier molecular flexibility index (Phi) is 4.81. The molecule has 1 aromatic rings. The van der Waals surface area contributed by atoms with E-state index < -0.39 is 0 Å². The van der Waals surface area contributed by atoms with Gasteiger partial charge in [0.1, 0.15) is 5.82 Å². The fourth-order valence-corrected chi connectivity index (χ4v) is 2.90. The first kappa shape index (κ1) is 14.3. The third-order valence-corrected chi connectivity index (χ3v) is 3.89. The van der Waals surface area contributed by atoms with Crippen molar-refractivity contribution in [3.8, 4) is 0 Å². The van der Waals surface area contributed by atoms with E-state index in [9.17, 15) is 4.39 Å². The van der Waals surface area contributed by atoms with Crippen LogP contribution in [0.25, 0.3) is 0 Å². The summed E-state index contributed by atoms with van der Waals surface area (Å²) in [6, 6.07) is 7.95. The standard InChI is InChI=1S/C16H25FN2/c1-4-15-10-18-14(9-12(2)3)11-19(15)16-7-5-13(17)6-8-16/h5-8,12,14-15,18H,4,9-11H2,1-3H3. The molecule has 0 aromatic heterocycles. The van der Waals surface area contributed by atoms with Crippen LogP contribution < -0.4 is 10.2 Å². The molecular formula is C16H25FN2. The molecule has 19 heavy (non-hydrogen) atoms. The average Bonchev–Trinajstić information content (AvgIpc) is 2.39. The minimum Gasteiger partial charge on any atom is -0.366 e. The van der Waals surface area contributed by atoms with Crippen molar-refractivity contribution < 1.29 is 4.39 Å². The van der Waals surface area contributed by atoms with E-state index in [2.05, 4.69) is 31.0 Å². The summed E-state index contributed by atoms with van der Waals surface area (Å²) in [4.78, 5) is 2.43. The van der Waals surface area contributed by atoms with Crippen LogP contribution in [0.3, 0.4) is 0 Å². The SMILES string of the molecule is CCC1CNC(CC(C)C)CN1c1ccc(F)cc1. The number of rotatable bonds is 4. The summed E-state index contributed by atoms with van der Waals surface area (Å²) in [5.41, 5.74) is 1.14. The van der Waals surface area contributed by atoms with Crippen LogP contribution in [0.15, 0.2) is 24.3 Å². The maximum Gasteiger partial charge on any atom is 0.123 e. The molecule has 0 radical (unpaired) electrons. The summed E-state index contributed by atoms with van der Waals surface area (Å²) in [6.07, 6.45) is 2.30. The van der Waals surface area contributed by atoms with Gasteiger partial charge in [-0.2, -0.15) is 0 Å². The Morgan fingerprint density at radius 1 is 1.32 bits per heavy atom. The molecule has 2 rings (SSSR count). The Hall–Kier alpha value is -1.09. The van der Waals surface area contributed by atoms with Crippen LogP contribution in [-0.2, 0) is 0 Å². The number of nitrogens with one attached hydrogen (secondary N) is 1. The second kappa shape index (κ2) is 6.38. The number of piperazine rings is 1. The maximum absolute atomic E-state index is 13.1. The lowest BCUT2D eigenvalue weighted by molar-refractivity contribution is 0.343. The van der Waals surface area contributed by atoms with Crippen molar-refractivity contribution in [1.29, 1.82) is 0 Å². The van der Waals surface area contributed by atoms with Gasteiger partial charge in [-0.05, 0) is 43.0 Å². The minimum atomic E-state index is -0.161. The highest BCUT2D eigenvalue weighted by Crippen LogP contribution is 2.23. The van der Waals surface area contributed by atoms with Crippen molar-refractivity contribution in [2.45, 2.75) is 45.7 Å². The summed E-state index contributed by atoms with van der Waals surface area (Å²) in [5, 5.41) is 3.65. The molecular weight excluding hydrogens is 239 g/mol. The molecule has 1 N–H and O–H groups in total. The van der Waals surface area contributed by atoms with E-state index in [0.29, 0.717) is 18.0 Å². The predicted octanol–water partition coefficient (Wildman–Crippen LogP) is 3.43. The summed E-state index contributed by atoms with van der Waals surface area (Å²) in [6.45, 7) is 8.77. The molecule has 2 nitrogen and oxygen atoms in total. The van der Waals surface area contributed by atoms with E-state index in [1.54, 1.807) is 12.1 Å². The van der Waals surface area contributed by atoms with Gasteiger partial charge in [0.05, 0.1) is 0 Å². The van der Waals surface area contributed by atoms with E-state index in [1.165, 1.54) is 6.42 Å². The van der Waals surface area contributed by atoms with Gasteiger partial charge in [-0.15, -0.1) is 0 Å². The molecule has 0 amide bonds. The van der Waals surface area contributed by atoms with Crippen molar-refractivity contribution in [3.05, 3.63) is 30.1 Å². The molecule has 3 heteroatoms. The van der Waals surface area contributed by atoms with Crippen molar-refractivity contribution in [1.82, 2.24) is 5.32 Å². The smallest absolute Gasteiger partial charge is 0.123 e. The molecule has 0 saturated carbocycles. The third kappa shape index (κ3) is 3.69. The number of halogens is 1. The topological polar surface area (TPSA) is 15.3 Å². The molecule has 1 saturated heterocycles. The van der Waals surface area contributed by atoms with Gasteiger partial charge in [0.15, 0.2) is 0 Å². The van der Waals surface area contributed by atoms with Crippen LogP contribution in [0.1, 0.15) is 33.6 Å². The van der Waals surface area contributed by atoms with Crippen molar-refractivity contribution >= 4 is 5.69 Å². The fourth-order valence-electron chi connectivity index (χ4n) is 2.90. The van der Waals surface area contributed by atoms with Gasteiger partial charge in [-0.25, -0.2) is 4.39 Å². The van der Waals surface area contributed by atoms with E-state index >= 15 is 0 Å². The van der Waals surface area contributed by atoms with Gasteiger partial charge < -0.3 is 10.2 Å². The zero-order valence-electron chi connectivity index (χ0n) is 12.2. The summed E-state index contributed by atoms with van der Waals surface area (Å²) >= 11 is 0. The number of nitrogens with zero attached hydrogens (tertiary/aromatic N) is 1. The van der Waals surface area contributed by atoms with Crippen LogP contribution >= 0.6 is 0 Å². The average molecular weight is 264 g/mol. The van der Waals surface area contributed by atoms with Gasteiger partial charge in [-0.3, -0.25) is 0 Å². The first-order valence-corrected chi connectivity index (χ1v) is 7.35. The Morgan fingerprint density at radius 3 is 2.58 bits per heavy atom. The van der Waals surface area contributed by atoms with Crippen LogP contribution in [0.2, 0.25) is 0 Å². The second-order valence-corrected chi connectivity index (χ2v) is 5.93. The van der Waals surface area contributed by atoms with E-state index in [1.807, 2.05) is 12.1 Å². The molecule has 1 aliphatic rings. The van der Waals surface area contributed by atoms with Gasteiger partial charge in [0.2, 0.25) is 0 Å². The lowest BCUT2D eigenvalue weighted by Crippen LogP contribution is -2.56. The van der Waals surface area contributed by atoms with Crippen molar-refractivity contribution in [3.63, 3.8) is 0 Å². The summed E-state index contributed by atoms with van der Waals surface area (Å²) in [7, 11) is 0. The van der Waals surface area contributed by atoms with Gasteiger partial charge in [-0.1, -0.05) is 20.8 Å². The molecule has 0 bridgehead atoms. The molecule has 0 aliphatic carbocycles. The first-order chi connectivity index (χ1) is 9.10. The van der Waals surface area contributed by atoms with E-state index in [-0.39, 0.29) is 5.82 Å². The van der Waals surface area contributed by atoms with Crippen LogP contribution in [0.4, 0.5) is 10.1 Å². The lowest BCUT2D eigenvalue weighted by atomic mass is 9.98. The highest BCUT2D eigenvalue weighted by atomic mass is 19.1. The third-order valence-electron chi connectivity index (χ3n) is 3.89. The van der Waals surface area contributed by atoms with Crippen molar-refractivity contribution in [2.24, 2.45) is 5.92 Å². The monoisotopic (exact) mass is 264 g/mol. The predicted molar refractivity (Wildman–Crippen MR) is 79.1 cm³/mol. The zero-order valence-corrected chi connectivity index (χ0v) is 12.2. The fraction of sp³-hybridized carbons (Fsp3) is 0.625. The largest absolute Gasteiger partial charge is 0.366 e. The molecule has 1 aliphatic heterocycles. The highest BCUT2D eigenvalue weighted by molar-refractivity contribution is 5.48. The van der Waals surface area contributed by atoms with Crippen molar-refractivity contribution in [2.75, 3.05) is 18.0 Å². The Bertz CT molecular complexity index is 388. The second-order valence-electron chi connectivity index (χ2n) is 5.93. The Balaban J connectivity index is 2.11. The molecule has 106 valence electrons. The number of hydrogen-bond acceptors (Lipinski definition) is 2. The Morgan fingerprint density at radius 2 is 2.00 bits per heavy atom. The molecule has 1 fully saturated rings. The highest BCUT2D eigenvalue weighted by Gasteiger charge is 2.27. The van der Waals surface area contributed by atoms with Gasteiger partial charge in [0, 0.05) is 30.9 Å². The molecule has 0 spiro atoms. The molecule has 2 unspecified atom stereocenters. The number of hydrogen-bond donors (Lipinski definition) is 1. The van der Waals surface area contributed by atoms with E-state index in [0.717, 1.165) is 25.2 Å². The maximum atomic E-state index is 13.1. The van der Waals surface area contributed by atoms with E-state index in [4.69, 9.17) is 0 Å². The normalized spacial score (nSPS) is 23.9. The van der Waals surface area contributed by atoms with Gasteiger partial charge >= 0.3 is 0 Å². The number of benzene rings is 1. The summed E-state index contributed by atoms with van der Waals surface area (Å²) < 4.78 is 13.1. The first-order valence-electron chi connectivity index (χ1n) is 7.35. The Labute approximate surface area is 116 Å². The molecule has 2 atom stereocenters. The van der Waals surface area contributed by atoms with Crippen LogP contribution in [0, 0.1) is 11.7 Å². The lowest BCUT2D eigenvalue weighted by Gasteiger charge is -2.42. The summed E-state index contributed by atoms with van der Waals surface area (Å²) in [5.74, 6) is 0.538. The minimum absolute atomic E-state index is 0.161. The zero-order chi connectivity index (χ0) is 13.8. The number of anilines is 1. The molecule has 1 heterocycles. The van der Waals surface area contributed by atoms with Gasteiger partial charge in [0.25, 0.3) is 0 Å². The molecule has 1 aromatic carbocycles. The van der Waals surface area contributed by atoms with Crippen LogP contribution in [-0.4, -0.2) is 25.2 Å². The quantitative estimate of drug-likeness (QED) is 0.896. The van der Waals surface area contributed by atoms with Crippen LogP contribution in [0.5, 0.6) is 0 Å².